The van der Waals surface area contributed by atoms with Gasteiger partial charge in [0, 0.05) is 31.4 Å². The number of hydrogen-bond donors (Lipinski definition) is 1. The van der Waals surface area contributed by atoms with E-state index in [-0.39, 0.29) is 5.54 Å². The van der Waals surface area contributed by atoms with Crippen LogP contribution >= 0.6 is 0 Å². The molecule has 1 rings (SSSR count). The molecule has 0 amide bonds. The first-order valence-corrected chi connectivity index (χ1v) is 8.17. The number of nitrogens with one attached hydrogen (secondary N) is 1. The minimum absolute atomic E-state index is 0.138. The average Bonchev–Trinajstić information content (AvgIpc) is 2.41. The summed E-state index contributed by atoms with van der Waals surface area (Å²) in [5.74, 6) is 1.82. The molecule has 0 unspecified atom stereocenters. The summed E-state index contributed by atoms with van der Waals surface area (Å²) in [5, 5.41) is 3.56. The van der Waals surface area contributed by atoms with Crippen LogP contribution in [0, 0.1) is 5.92 Å². The van der Waals surface area contributed by atoms with Gasteiger partial charge in [-0.2, -0.15) is 0 Å². The third-order valence-electron chi connectivity index (χ3n) is 3.54. The molecule has 0 bridgehead atoms. The topological polar surface area (TPSA) is 28.2 Å². The molecule has 0 saturated carbocycles. The first-order valence-electron chi connectivity index (χ1n) is 8.17. The molecule has 0 spiro atoms. The Kier molecular flexibility index (Phi) is 6.66. The highest BCUT2D eigenvalue weighted by Crippen LogP contribution is 2.16. The number of aryl methyl sites for hydroxylation is 1. The van der Waals surface area contributed by atoms with Crippen molar-refractivity contribution in [2.24, 2.45) is 5.92 Å². The molecule has 3 heteroatoms. The smallest absolute Gasteiger partial charge is 0.128 e. The lowest BCUT2D eigenvalue weighted by atomic mass is 10.1. The molecular formula is C18H33N3. The van der Waals surface area contributed by atoms with E-state index in [1.54, 1.807) is 0 Å². The zero-order chi connectivity index (χ0) is 16.0. The van der Waals surface area contributed by atoms with Crippen LogP contribution in [0.15, 0.2) is 12.1 Å². The van der Waals surface area contributed by atoms with Gasteiger partial charge in [-0.25, -0.2) is 4.98 Å². The van der Waals surface area contributed by atoms with Gasteiger partial charge in [0.1, 0.15) is 5.82 Å². The van der Waals surface area contributed by atoms with Crippen LogP contribution in [0.1, 0.15) is 59.2 Å². The molecule has 120 valence electrons. The molecule has 0 saturated heterocycles. The predicted octanol–water partition coefficient (Wildman–Crippen LogP) is 4.01. The summed E-state index contributed by atoms with van der Waals surface area (Å²) in [5.41, 5.74) is 2.64. The van der Waals surface area contributed by atoms with Gasteiger partial charge in [0.25, 0.3) is 0 Å². The molecule has 0 aliphatic carbocycles. The highest BCUT2D eigenvalue weighted by atomic mass is 15.2. The van der Waals surface area contributed by atoms with Gasteiger partial charge in [0.05, 0.1) is 0 Å². The largest absolute Gasteiger partial charge is 0.360 e. The minimum Gasteiger partial charge on any atom is -0.360 e. The van der Waals surface area contributed by atoms with Crippen molar-refractivity contribution in [1.82, 2.24) is 10.3 Å². The number of anilines is 1. The molecule has 1 heterocycles. The molecule has 3 nitrogen and oxygen atoms in total. The Hall–Kier alpha value is -1.09. The summed E-state index contributed by atoms with van der Waals surface area (Å²) in [6.07, 6.45) is 2.18. The van der Waals surface area contributed by atoms with Gasteiger partial charge in [-0.05, 0) is 57.2 Å². The van der Waals surface area contributed by atoms with E-state index in [0.717, 1.165) is 31.2 Å². The van der Waals surface area contributed by atoms with E-state index in [2.05, 4.69) is 70.9 Å². The molecule has 0 aliphatic rings. The van der Waals surface area contributed by atoms with E-state index in [4.69, 9.17) is 4.98 Å². The Labute approximate surface area is 131 Å². The van der Waals surface area contributed by atoms with Gasteiger partial charge in [-0.3, -0.25) is 0 Å². The van der Waals surface area contributed by atoms with Crippen LogP contribution in [-0.2, 0) is 13.0 Å². The molecule has 0 radical (unpaired) electrons. The Morgan fingerprint density at radius 2 is 1.90 bits per heavy atom. The average molecular weight is 291 g/mol. The van der Waals surface area contributed by atoms with Gasteiger partial charge in [-0.1, -0.05) is 20.8 Å². The first-order chi connectivity index (χ1) is 9.71. The summed E-state index contributed by atoms with van der Waals surface area (Å²) in [7, 11) is 2.14. The van der Waals surface area contributed by atoms with E-state index in [1.165, 1.54) is 17.7 Å². The standard InChI is InChI=1S/C18H33N3/c1-8-16-11-15(13-19-18(4,5)6)12-17(20-16)21(7)10-9-14(2)3/h11-12,14,19H,8-10,13H2,1-7H3. The van der Waals surface area contributed by atoms with Crippen LogP contribution < -0.4 is 10.2 Å². The third kappa shape index (κ3) is 6.94. The second-order valence-corrected chi connectivity index (χ2v) is 7.39. The van der Waals surface area contributed by atoms with E-state index in [9.17, 15) is 0 Å². The summed E-state index contributed by atoms with van der Waals surface area (Å²) in [4.78, 5) is 7.05. The molecule has 1 aromatic rings. The predicted molar refractivity (Wildman–Crippen MR) is 92.9 cm³/mol. The molecular weight excluding hydrogens is 258 g/mol. The highest BCUT2D eigenvalue weighted by molar-refractivity contribution is 5.42. The zero-order valence-electron chi connectivity index (χ0n) is 15.0. The van der Waals surface area contributed by atoms with Gasteiger partial charge in [-0.15, -0.1) is 0 Å². The van der Waals surface area contributed by atoms with Crippen molar-refractivity contribution < 1.29 is 0 Å². The van der Waals surface area contributed by atoms with Crippen molar-refractivity contribution >= 4 is 5.82 Å². The number of pyridine rings is 1. The van der Waals surface area contributed by atoms with E-state index in [0.29, 0.717) is 0 Å². The second-order valence-electron chi connectivity index (χ2n) is 7.39. The lowest BCUT2D eigenvalue weighted by Gasteiger charge is -2.23. The lowest BCUT2D eigenvalue weighted by molar-refractivity contribution is 0.424. The Balaban J connectivity index is 2.83. The van der Waals surface area contributed by atoms with E-state index in [1.807, 2.05) is 0 Å². The van der Waals surface area contributed by atoms with Crippen molar-refractivity contribution in [3.63, 3.8) is 0 Å². The van der Waals surface area contributed by atoms with Crippen molar-refractivity contribution in [3.05, 3.63) is 23.4 Å². The van der Waals surface area contributed by atoms with Crippen molar-refractivity contribution in [2.75, 3.05) is 18.5 Å². The zero-order valence-corrected chi connectivity index (χ0v) is 15.0. The molecule has 0 aromatic carbocycles. The maximum Gasteiger partial charge on any atom is 0.128 e. The summed E-state index contributed by atoms with van der Waals surface area (Å²) >= 11 is 0. The molecule has 0 atom stereocenters. The number of rotatable bonds is 7. The molecule has 1 N–H and O–H groups in total. The fraction of sp³-hybridized carbons (Fsp3) is 0.722. The fourth-order valence-electron chi connectivity index (χ4n) is 2.05. The molecule has 0 fully saturated rings. The SMILES string of the molecule is CCc1cc(CNC(C)(C)C)cc(N(C)CCC(C)C)n1. The van der Waals surface area contributed by atoms with Crippen LogP contribution in [0.4, 0.5) is 5.82 Å². The van der Waals surface area contributed by atoms with Crippen LogP contribution in [-0.4, -0.2) is 24.1 Å². The first kappa shape index (κ1) is 18.0. The van der Waals surface area contributed by atoms with E-state index < -0.39 is 0 Å². The van der Waals surface area contributed by atoms with E-state index >= 15 is 0 Å². The normalized spacial score (nSPS) is 12.0. The number of aromatic nitrogens is 1. The Morgan fingerprint density at radius 1 is 1.24 bits per heavy atom. The fourth-order valence-corrected chi connectivity index (χ4v) is 2.05. The number of hydrogen-bond acceptors (Lipinski definition) is 3. The molecule has 0 aliphatic heterocycles. The minimum atomic E-state index is 0.138. The summed E-state index contributed by atoms with van der Waals surface area (Å²) in [6, 6.07) is 4.44. The van der Waals surface area contributed by atoms with Crippen LogP contribution in [0.2, 0.25) is 0 Å². The number of nitrogens with zero attached hydrogens (tertiary/aromatic N) is 2. The van der Waals surface area contributed by atoms with Gasteiger partial charge < -0.3 is 10.2 Å². The molecule has 21 heavy (non-hydrogen) atoms. The third-order valence-corrected chi connectivity index (χ3v) is 3.54. The maximum atomic E-state index is 4.77. The van der Waals surface area contributed by atoms with Gasteiger partial charge in [0.15, 0.2) is 0 Å². The van der Waals surface area contributed by atoms with Crippen molar-refractivity contribution in [1.29, 1.82) is 0 Å². The quantitative estimate of drug-likeness (QED) is 0.822. The van der Waals surface area contributed by atoms with Crippen LogP contribution in [0.5, 0.6) is 0 Å². The van der Waals surface area contributed by atoms with Crippen LogP contribution in [0.25, 0.3) is 0 Å². The maximum absolute atomic E-state index is 4.77. The van der Waals surface area contributed by atoms with Gasteiger partial charge >= 0.3 is 0 Å². The van der Waals surface area contributed by atoms with Crippen LogP contribution in [0.3, 0.4) is 0 Å². The lowest BCUT2D eigenvalue weighted by Crippen LogP contribution is -2.35. The monoisotopic (exact) mass is 291 g/mol. The Bertz CT molecular complexity index is 433. The van der Waals surface area contributed by atoms with Crippen molar-refractivity contribution in [2.45, 2.75) is 66.5 Å². The summed E-state index contributed by atoms with van der Waals surface area (Å²) in [6.45, 7) is 15.2. The summed E-state index contributed by atoms with van der Waals surface area (Å²) < 4.78 is 0. The molecule has 1 aromatic heterocycles. The van der Waals surface area contributed by atoms with Gasteiger partial charge in [0.2, 0.25) is 0 Å². The highest BCUT2D eigenvalue weighted by Gasteiger charge is 2.11. The Morgan fingerprint density at radius 3 is 2.43 bits per heavy atom. The van der Waals surface area contributed by atoms with Crippen molar-refractivity contribution in [3.8, 4) is 0 Å². The second kappa shape index (κ2) is 7.79.